The molecule has 0 saturated heterocycles. The normalized spacial score (nSPS) is 15.7. The van der Waals surface area contributed by atoms with E-state index in [0.29, 0.717) is 47.4 Å². The second-order valence-electron chi connectivity index (χ2n) is 11.7. The third kappa shape index (κ3) is 6.16. The van der Waals surface area contributed by atoms with Crippen molar-refractivity contribution in [3.63, 3.8) is 0 Å². The Morgan fingerprint density at radius 2 is 1.64 bits per heavy atom. The summed E-state index contributed by atoms with van der Waals surface area (Å²) in [6.07, 6.45) is -2.54. The van der Waals surface area contributed by atoms with Gasteiger partial charge in [-0.2, -0.15) is 13.2 Å². The van der Waals surface area contributed by atoms with Gasteiger partial charge in [0.25, 0.3) is 0 Å². The number of fused-ring (bicyclic) bond motifs is 2. The van der Waals surface area contributed by atoms with Crippen molar-refractivity contribution in [2.24, 2.45) is 5.92 Å². The first kappa shape index (κ1) is 32.1. The van der Waals surface area contributed by atoms with Crippen LogP contribution in [0.3, 0.4) is 0 Å². The van der Waals surface area contributed by atoms with Crippen LogP contribution in [0.1, 0.15) is 72.3 Å². The maximum atomic E-state index is 13.6. The SMILES string of the molecule is CCNC1(c2ccccc2C(=O)OC)c2ccc(N(CC)c3cccc(C(F)(F)F)c3)cc2Oc2ccc(CCC(C)C)cc21. The lowest BCUT2D eigenvalue weighted by molar-refractivity contribution is -0.137. The summed E-state index contributed by atoms with van der Waals surface area (Å²) in [7, 11) is 1.37. The molecule has 5 nitrogen and oxygen atoms in total. The number of esters is 1. The summed E-state index contributed by atoms with van der Waals surface area (Å²) in [5.41, 5.74) is 3.39. The van der Waals surface area contributed by atoms with Crippen molar-refractivity contribution >= 4 is 17.3 Å². The van der Waals surface area contributed by atoms with Crippen LogP contribution in [0.15, 0.2) is 84.9 Å². The van der Waals surface area contributed by atoms with Crippen LogP contribution in [0.4, 0.5) is 24.5 Å². The Morgan fingerprint density at radius 1 is 0.889 bits per heavy atom. The first-order chi connectivity index (χ1) is 21.5. The molecule has 1 N–H and O–H groups in total. The number of carbonyl (C=O) groups excluding carboxylic acids is 1. The Balaban J connectivity index is 1.73. The zero-order chi connectivity index (χ0) is 32.4. The number of halogens is 3. The molecule has 0 aliphatic carbocycles. The van der Waals surface area contributed by atoms with Crippen molar-refractivity contribution in [3.05, 3.63) is 118 Å². The van der Waals surface area contributed by atoms with Crippen molar-refractivity contribution in [1.29, 1.82) is 0 Å². The lowest BCUT2D eigenvalue weighted by Crippen LogP contribution is -2.47. The van der Waals surface area contributed by atoms with E-state index in [0.717, 1.165) is 47.2 Å². The summed E-state index contributed by atoms with van der Waals surface area (Å²) in [6.45, 7) is 9.30. The molecule has 1 unspecified atom stereocenters. The van der Waals surface area contributed by atoms with E-state index in [2.05, 4.69) is 31.3 Å². The minimum Gasteiger partial charge on any atom is -0.465 e. The molecule has 0 fully saturated rings. The van der Waals surface area contributed by atoms with Gasteiger partial charge in [-0.05, 0) is 85.8 Å². The molecule has 0 bridgehead atoms. The molecule has 1 atom stereocenters. The van der Waals surface area contributed by atoms with E-state index in [9.17, 15) is 18.0 Å². The fraction of sp³-hybridized carbons (Fsp3) is 0.324. The molecule has 0 aromatic heterocycles. The van der Waals surface area contributed by atoms with Crippen LogP contribution in [0.2, 0.25) is 0 Å². The molecule has 0 radical (unpaired) electrons. The van der Waals surface area contributed by atoms with Crippen molar-refractivity contribution in [2.45, 2.75) is 52.3 Å². The number of benzene rings is 4. The number of methoxy groups -OCH3 is 1. The smallest absolute Gasteiger partial charge is 0.416 e. The van der Waals surface area contributed by atoms with Crippen LogP contribution in [-0.2, 0) is 22.9 Å². The maximum Gasteiger partial charge on any atom is 0.416 e. The third-order valence-corrected chi connectivity index (χ3v) is 8.34. The van der Waals surface area contributed by atoms with Gasteiger partial charge < -0.3 is 19.7 Å². The summed E-state index contributed by atoms with van der Waals surface area (Å²) in [5, 5.41) is 3.73. The van der Waals surface area contributed by atoms with Gasteiger partial charge in [0.1, 0.15) is 17.0 Å². The first-order valence-corrected chi connectivity index (χ1v) is 15.4. The van der Waals surface area contributed by atoms with E-state index in [-0.39, 0.29) is 0 Å². The van der Waals surface area contributed by atoms with E-state index in [4.69, 9.17) is 9.47 Å². The Kier molecular flexibility index (Phi) is 9.26. The molecule has 0 saturated carbocycles. The molecule has 8 heteroatoms. The number of ether oxygens (including phenoxy) is 2. The molecule has 0 spiro atoms. The number of aryl methyl sites for hydroxylation is 1. The van der Waals surface area contributed by atoms with Gasteiger partial charge in [-0.25, -0.2) is 4.79 Å². The molecule has 1 heterocycles. The number of rotatable bonds is 10. The third-order valence-electron chi connectivity index (χ3n) is 8.34. The average molecular weight is 617 g/mol. The second kappa shape index (κ2) is 13.0. The lowest BCUT2D eigenvalue weighted by Gasteiger charge is -2.42. The molecule has 4 aromatic carbocycles. The number of carbonyl (C=O) groups is 1. The summed E-state index contributed by atoms with van der Waals surface area (Å²) in [5.74, 6) is 1.26. The van der Waals surface area contributed by atoms with Crippen LogP contribution in [0.5, 0.6) is 11.5 Å². The standard InChI is InChI=1S/C37H39F3N2O3/c1-6-41-36(30-14-9-8-13-29(30)35(43)44-5)31-19-18-28(42(7-2)27-12-10-11-26(22-27)37(38,39)40)23-34(31)45-33-20-17-25(21-32(33)36)16-15-24(3)4/h8-14,17-24,41H,6-7,15-16H2,1-5H3. The zero-order valence-corrected chi connectivity index (χ0v) is 26.3. The number of alkyl halides is 3. The van der Waals surface area contributed by atoms with Gasteiger partial charge in [-0.1, -0.05) is 57.2 Å². The highest BCUT2D eigenvalue weighted by Gasteiger charge is 2.45. The molecule has 236 valence electrons. The van der Waals surface area contributed by atoms with Gasteiger partial charge in [-0.3, -0.25) is 0 Å². The first-order valence-electron chi connectivity index (χ1n) is 15.4. The fourth-order valence-corrected chi connectivity index (χ4v) is 6.21. The fourth-order valence-electron chi connectivity index (χ4n) is 6.21. The highest BCUT2D eigenvalue weighted by Crippen LogP contribution is 2.52. The van der Waals surface area contributed by atoms with Crippen molar-refractivity contribution in [2.75, 3.05) is 25.1 Å². The molecule has 4 aromatic rings. The van der Waals surface area contributed by atoms with Crippen LogP contribution < -0.4 is 15.0 Å². The number of anilines is 2. The number of hydrogen-bond acceptors (Lipinski definition) is 5. The van der Waals surface area contributed by atoms with Crippen LogP contribution in [0, 0.1) is 5.92 Å². The summed E-state index contributed by atoms with van der Waals surface area (Å²) < 4.78 is 52.5. The van der Waals surface area contributed by atoms with E-state index in [1.807, 2.05) is 61.2 Å². The quantitative estimate of drug-likeness (QED) is 0.180. The lowest BCUT2D eigenvalue weighted by atomic mass is 9.72. The van der Waals surface area contributed by atoms with Crippen LogP contribution >= 0.6 is 0 Å². The predicted octanol–water partition coefficient (Wildman–Crippen LogP) is 9.25. The Hall–Kier alpha value is -4.30. The van der Waals surface area contributed by atoms with E-state index in [1.54, 1.807) is 12.1 Å². The Morgan fingerprint density at radius 3 is 2.33 bits per heavy atom. The van der Waals surface area contributed by atoms with Crippen LogP contribution in [-0.4, -0.2) is 26.2 Å². The predicted molar refractivity (Wildman–Crippen MR) is 172 cm³/mol. The van der Waals surface area contributed by atoms with Gasteiger partial charge in [0, 0.05) is 35.1 Å². The topological polar surface area (TPSA) is 50.8 Å². The molecule has 5 rings (SSSR count). The summed E-state index contributed by atoms with van der Waals surface area (Å²) in [4.78, 5) is 15.0. The monoisotopic (exact) mass is 616 g/mol. The highest BCUT2D eigenvalue weighted by molar-refractivity contribution is 5.92. The van der Waals surface area contributed by atoms with Crippen molar-refractivity contribution in [3.8, 4) is 11.5 Å². The van der Waals surface area contributed by atoms with Gasteiger partial charge in [0.05, 0.1) is 18.2 Å². The molecular weight excluding hydrogens is 577 g/mol. The molecule has 0 amide bonds. The van der Waals surface area contributed by atoms with E-state index in [1.165, 1.54) is 13.2 Å². The largest absolute Gasteiger partial charge is 0.465 e. The van der Waals surface area contributed by atoms with Gasteiger partial charge >= 0.3 is 12.1 Å². The number of nitrogens with zero attached hydrogens (tertiary/aromatic N) is 1. The minimum absolute atomic E-state index is 0.423. The van der Waals surface area contributed by atoms with E-state index < -0.39 is 23.2 Å². The van der Waals surface area contributed by atoms with Gasteiger partial charge in [0.2, 0.25) is 0 Å². The Bertz CT molecular complexity index is 1680. The van der Waals surface area contributed by atoms with Crippen molar-refractivity contribution in [1.82, 2.24) is 5.32 Å². The van der Waals surface area contributed by atoms with E-state index >= 15 is 0 Å². The average Bonchev–Trinajstić information content (AvgIpc) is 3.03. The zero-order valence-electron chi connectivity index (χ0n) is 26.3. The Labute approximate surface area is 263 Å². The van der Waals surface area contributed by atoms with Gasteiger partial charge in [-0.15, -0.1) is 0 Å². The van der Waals surface area contributed by atoms with Crippen LogP contribution in [0.25, 0.3) is 0 Å². The summed E-state index contributed by atoms with van der Waals surface area (Å²) >= 11 is 0. The minimum atomic E-state index is -4.45. The van der Waals surface area contributed by atoms with Crippen molar-refractivity contribution < 1.29 is 27.4 Å². The molecule has 1 aliphatic heterocycles. The highest BCUT2D eigenvalue weighted by atomic mass is 19.4. The maximum absolute atomic E-state index is 13.6. The molecular formula is C37H39F3N2O3. The number of hydrogen-bond donors (Lipinski definition) is 1. The molecule has 45 heavy (non-hydrogen) atoms. The number of nitrogens with one attached hydrogen (secondary N) is 1. The summed E-state index contributed by atoms with van der Waals surface area (Å²) in [6, 6.07) is 24.6. The van der Waals surface area contributed by atoms with Gasteiger partial charge in [0.15, 0.2) is 0 Å². The molecule has 1 aliphatic rings. The second-order valence-corrected chi connectivity index (χ2v) is 11.7.